The van der Waals surface area contributed by atoms with Gasteiger partial charge in [-0.05, 0) is 107 Å². The molecule has 13 nitrogen and oxygen atoms in total. The molecule has 0 aliphatic carbocycles. The Bertz CT molecular complexity index is 3960. The summed E-state index contributed by atoms with van der Waals surface area (Å²) in [5.41, 5.74) is 19.3. The number of aromatic amines is 3. The largest absolute Gasteiger partial charge is 0.354 e. The maximum absolute atomic E-state index is 14.0. The van der Waals surface area contributed by atoms with E-state index in [9.17, 15) is 23.6 Å². The molecular weight excluding hydrogens is 918 g/mol. The molecule has 0 unspecified atom stereocenters. The van der Waals surface area contributed by atoms with E-state index in [1.54, 1.807) is 12.1 Å². The summed E-state index contributed by atoms with van der Waals surface area (Å²) in [5.74, 6) is -2.08. The van der Waals surface area contributed by atoms with E-state index < -0.39 is 35.6 Å². The molecule has 9 aromatic rings. The van der Waals surface area contributed by atoms with Crippen LogP contribution in [0.5, 0.6) is 0 Å². The van der Waals surface area contributed by atoms with Crippen LogP contribution in [0.15, 0.2) is 180 Å². The van der Waals surface area contributed by atoms with Crippen LogP contribution in [0.1, 0.15) is 28.3 Å². The highest BCUT2D eigenvalue weighted by atomic mass is 19.1. The number of anilines is 2. The molecule has 4 aromatic heterocycles. The van der Waals surface area contributed by atoms with Gasteiger partial charge >= 0.3 is 5.69 Å². The molecule has 1 atom stereocenters. The van der Waals surface area contributed by atoms with E-state index in [1.807, 2.05) is 151 Å². The molecule has 11 rings (SSSR count). The molecule has 8 bridgehead atoms. The zero-order valence-electron chi connectivity index (χ0n) is 38.9. The van der Waals surface area contributed by atoms with E-state index >= 15 is 0 Å². The van der Waals surface area contributed by atoms with Crippen molar-refractivity contribution in [1.82, 2.24) is 29.5 Å². The van der Waals surface area contributed by atoms with Gasteiger partial charge in [-0.2, -0.15) is 4.39 Å². The normalized spacial score (nSPS) is 12.1. The van der Waals surface area contributed by atoms with Gasteiger partial charge in [0.15, 0.2) is 0 Å². The first-order chi connectivity index (χ1) is 35.6. The van der Waals surface area contributed by atoms with Crippen LogP contribution in [0.2, 0.25) is 0 Å². The molecule has 5 aromatic carbocycles. The number of hydrogen-bond donors (Lipinski definition) is 6. The van der Waals surface area contributed by atoms with E-state index in [0.29, 0.717) is 35.4 Å². The van der Waals surface area contributed by atoms with Gasteiger partial charge < -0.3 is 26.3 Å². The number of hydrogen-bond acceptors (Lipinski definition) is 7. The second-order valence-electron chi connectivity index (χ2n) is 17.6. The summed E-state index contributed by atoms with van der Waals surface area (Å²) in [6, 6.07) is 52.2. The van der Waals surface area contributed by atoms with E-state index in [2.05, 4.69) is 50.9 Å². The van der Waals surface area contributed by atoms with Crippen molar-refractivity contribution in [3.05, 3.63) is 225 Å². The number of rotatable bonds is 11. The Morgan fingerprint density at radius 2 is 0.918 bits per heavy atom. The fraction of sp³-hybridized carbons (Fsp3) is 0.0508. The molecule has 356 valence electrons. The summed E-state index contributed by atoms with van der Waals surface area (Å²) < 4.78 is 14.8. The van der Waals surface area contributed by atoms with Gasteiger partial charge in [0.05, 0.1) is 35.0 Å². The van der Waals surface area contributed by atoms with Gasteiger partial charge in [-0.3, -0.25) is 23.9 Å². The molecule has 2 amide bonds. The van der Waals surface area contributed by atoms with Gasteiger partial charge in [-0.25, -0.2) is 14.8 Å². The number of nitrogens with two attached hydrogens (primary N) is 1. The fourth-order valence-corrected chi connectivity index (χ4v) is 9.22. The first-order valence-corrected chi connectivity index (χ1v) is 23.5. The Kier molecular flexibility index (Phi) is 12.2. The third-order valence-corrected chi connectivity index (χ3v) is 12.7. The van der Waals surface area contributed by atoms with Crippen LogP contribution in [0, 0.1) is 5.82 Å². The number of H-pyrrole nitrogens is 3. The second-order valence-corrected chi connectivity index (χ2v) is 17.6. The highest BCUT2D eigenvalue weighted by Crippen LogP contribution is 2.39. The molecule has 7 N–H and O–H groups in total. The summed E-state index contributed by atoms with van der Waals surface area (Å²) in [7, 11) is 0. The Morgan fingerprint density at radius 3 is 1.36 bits per heavy atom. The summed E-state index contributed by atoms with van der Waals surface area (Å²) in [4.78, 5) is 70.3. The monoisotopic (exact) mass is 961 g/mol. The van der Waals surface area contributed by atoms with Gasteiger partial charge in [0, 0.05) is 55.7 Å². The minimum atomic E-state index is -1.18. The maximum Gasteiger partial charge on any atom is 0.328 e. The van der Waals surface area contributed by atoms with Gasteiger partial charge in [-0.1, -0.05) is 115 Å². The van der Waals surface area contributed by atoms with Crippen molar-refractivity contribution < 1.29 is 14.0 Å². The molecule has 2 aliphatic heterocycles. The van der Waals surface area contributed by atoms with Crippen LogP contribution >= 0.6 is 0 Å². The van der Waals surface area contributed by atoms with Crippen molar-refractivity contribution in [1.29, 1.82) is 0 Å². The van der Waals surface area contributed by atoms with Crippen LogP contribution in [0.3, 0.4) is 0 Å². The van der Waals surface area contributed by atoms with E-state index in [4.69, 9.17) is 15.7 Å². The summed E-state index contributed by atoms with van der Waals surface area (Å²) in [5, 5.41) is 5.75. The van der Waals surface area contributed by atoms with E-state index in [1.165, 1.54) is 0 Å². The van der Waals surface area contributed by atoms with Crippen LogP contribution in [0.25, 0.3) is 90.9 Å². The predicted octanol–water partition coefficient (Wildman–Crippen LogP) is 10.5. The molecule has 0 saturated carbocycles. The number of benzene rings is 5. The number of carbonyl (C=O) groups excluding carboxylic acids is 2. The number of fused-ring (bicyclic) bond motifs is 8. The van der Waals surface area contributed by atoms with Crippen molar-refractivity contribution in [3.8, 4) is 44.5 Å². The second kappa shape index (κ2) is 19.5. The van der Waals surface area contributed by atoms with Crippen LogP contribution in [0.4, 0.5) is 15.8 Å². The molecule has 73 heavy (non-hydrogen) atoms. The summed E-state index contributed by atoms with van der Waals surface area (Å²) in [6.07, 6.45) is 9.15. The Morgan fingerprint density at radius 1 is 0.521 bits per heavy atom. The van der Waals surface area contributed by atoms with Crippen LogP contribution < -0.4 is 27.6 Å². The average Bonchev–Trinajstić information content (AvgIpc) is 4.26. The standard InChI is InChI=1S/C59H44FN9O4/c60-42-33-69(59(73)68-57(42)71)34-52(70)62-40-20-16-38(17-21-40)55-48-28-26-46(65-48)53(36-12-6-2-7-13-36)44-24-25-45(64-44)54(37-14-8-3-9-15-37)47-27-29-49(66-47)56(51-31-30-50(55)67-51)39-18-22-41(23-19-39)63-58(72)43(61)32-35-10-4-1-5-11-35/h1-31,33,43,65-66H,32,34,61H2,(H,62,70)(H,63,72)(H,68,71,73)/t43-/m0/s1. The van der Waals surface area contributed by atoms with Crippen molar-refractivity contribution >= 4 is 69.6 Å². The SMILES string of the molecule is N[C@@H](Cc1ccccc1)C(=O)Nc1ccc(-c2c3nc(c(-c4ccc(NC(=O)Cn5cc(F)c(=O)[nH]c5=O)cc4)c4ccc([nH]4)c(-c4ccccc4)c4nc(c(-c5ccccc5)c5ccc2[nH]5)C=C4)C=C3)cc1. The number of halogens is 1. The molecule has 0 spiro atoms. The number of nitrogens with zero attached hydrogens (tertiary/aromatic N) is 3. The first kappa shape index (κ1) is 45.6. The van der Waals surface area contributed by atoms with Crippen molar-refractivity contribution in [2.24, 2.45) is 5.73 Å². The van der Waals surface area contributed by atoms with Crippen molar-refractivity contribution in [2.45, 2.75) is 19.0 Å². The maximum atomic E-state index is 14.0. The first-order valence-electron chi connectivity index (χ1n) is 23.5. The quantitative estimate of drug-likeness (QED) is 0.0741. The molecule has 2 aliphatic rings. The average molecular weight is 962 g/mol. The predicted molar refractivity (Wildman–Crippen MR) is 287 cm³/mol. The molecule has 0 fully saturated rings. The van der Waals surface area contributed by atoms with Crippen LogP contribution in [-0.4, -0.2) is 47.3 Å². The Hall–Kier alpha value is -9.79. The minimum Gasteiger partial charge on any atom is -0.354 e. The number of amides is 2. The molecular formula is C59H44FN9O4. The summed E-state index contributed by atoms with van der Waals surface area (Å²) in [6.45, 7) is -0.524. The minimum absolute atomic E-state index is 0.294. The van der Waals surface area contributed by atoms with Crippen molar-refractivity contribution in [2.75, 3.05) is 10.6 Å². The lowest BCUT2D eigenvalue weighted by Crippen LogP contribution is -2.37. The summed E-state index contributed by atoms with van der Waals surface area (Å²) >= 11 is 0. The highest BCUT2D eigenvalue weighted by Gasteiger charge is 2.20. The molecule has 0 saturated heterocycles. The fourth-order valence-electron chi connectivity index (χ4n) is 9.22. The Balaban J connectivity index is 1.08. The molecule has 14 heteroatoms. The molecule has 6 heterocycles. The van der Waals surface area contributed by atoms with Crippen LogP contribution in [-0.2, 0) is 22.6 Å². The topological polar surface area (TPSA) is 196 Å². The van der Waals surface area contributed by atoms with Gasteiger partial charge in [-0.15, -0.1) is 0 Å². The zero-order valence-corrected chi connectivity index (χ0v) is 38.9. The number of nitrogens with one attached hydrogen (secondary N) is 5. The zero-order chi connectivity index (χ0) is 50.0. The van der Waals surface area contributed by atoms with Gasteiger partial charge in [0.25, 0.3) is 5.56 Å². The third kappa shape index (κ3) is 9.48. The highest BCUT2D eigenvalue weighted by molar-refractivity contribution is 6.01. The third-order valence-electron chi connectivity index (χ3n) is 12.7. The number of carbonyl (C=O) groups is 2. The smallest absolute Gasteiger partial charge is 0.328 e. The van der Waals surface area contributed by atoms with Crippen molar-refractivity contribution in [3.63, 3.8) is 0 Å². The van der Waals surface area contributed by atoms with Gasteiger partial charge in [0.2, 0.25) is 17.6 Å². The van der Waals surface area contributed by atoms with E-state index in [0.717, 1.165) is 88.1 Å². The lowest BCUT2D eigenvalue weighted by atomic mass is 10.0. The van der Waals surface area contributed by atoms with E-state index in [-0.39, 0.29) is 5.91 Å². The number of aromatic nitrogens is 6. The van der Waals surface area contributed by atoms with Gasteiger partial charge in [0.1, 0.15) is 6.54 Å². The lowest BCUT2D eigenvalue weighted by molar-refractivity contribution is -0.117. The Labute approximate surface area is 416 Å². The lowest BCUT2D eigenvalue weighted by Gasteiger charge is -2.13. The molecule has 0 radical (unpaired) electrons.